The third kappa shape index (κ3) is 2.93. The summed E-state index contributed by atoms with van der Waals surface area (Å²) in [6, 6.07) is 3.64. The Hall–Kier alpha value is -1.88. The number of benzene rings is 1. The molecule has 2 rings (SSSR count). The summed E-state index contributed by atoms with van der Waals surface area (Å²) in [7, 11) is 3.12. The first kappa shape index (κ1) is 15.5. The fourth-order valence-corrected chi connectivity index (χ4v) is 2.50. The molecule has 0 bridgehead atoms. The summed E-state index contributed by atoms with van der Waals surface area (Å²) in [6.07, 6.45) is 3.90. The number of nitrogen functional groups attached to an aromatic ring is 1. The quantitative estimate of drug-likeness (QED) is 0.885. The van der Waals surface area contributed by atoms with Crippen molar-refractivity contribution in [3.05, 3.63) is 23.5 Å². The number of anilines is 1. The lowest BCUT2D eigenvalue weighted by Gasteiger charge is -2.12. The third-order valence-corrected chi connectivity index (χ3v) is 3.75. The molecular formula is C15H20ClN3O2. The Balaban J connectivity index is 2.45. The summed E-state index contributed by atoms with van der Waals surface area (Å²) in [5.74, 6) is 1.67. The van der Waals surface area contributed by atoms with Gasteiger partial charge in [0.1, 0.15) is 11.5 Å². The zero-order chi connectivity index (χ0) is 15.4. The minimum absolute atomic E-state index is 0.448. The molecule has 1 heterocycles. The number of ether oxygens (including phenoxy) is 2. The number of nitrogens with zero attached hydrogens (tertiary/aromatic N) is 2. The van der Waals surface area contributed by atoms with Gasteiger partial charge < -0.3 is 19.8 Å². The lowest BCUT2D eigenvalue weighted by Crippen LogP contribution is -2.02. The highest BCUT2D eigenvalue weighted by atomic mass is 35.5. The van der Waals surface area contributed by atoms with E-state index in [-0.39, 0.29) is 0 Å². The van der Waals surface area contributed by atoms with Gasteiger partial charge in [0.05, 0.1) is 25.6 Å². The predicted molar refractivity (Wildman–Crippen MR) is 85.1 cm³/mol. The Bertz CT molecular complexity index is 626. The van der Waals surface area contributed by atoms with Gasteiger partial charge in [-0.1, -0.05) is 24.9 Å². The van der Waals surface area contributed by atoms with Crippen LogP contribution in [0.1, 0.15) is 19.8 Å². The number of aryl methyl sites for hydroxylation is 1. The van der Waals surface area contributed by atoms with Crippen LogP contribution in [0.4, 0.5) is 5.82 Å². The number of methoxy groups -OCH3 is 2. The molecule has 1 aromatic carbocycles. The largest absolute Gasteiger partial charge is 0.493 e. The molecule has 1 aromatic heterocycles. The summed E-state index contributed by atoms with van der Waals surface area (Å²) in [5, 5.41) is 0.448. The molecule has 6 heteroatoms. The van der Waals surface area contributed by atoms with Crippen LogP contribution in [0.3, 0.4) is 0 Å². The van der Waals surface area contributed by atoms with Crippen LogP contribution >= 0.6 is 11.6 Å². The van der Waals surface area contributed by atoms with Crippen molar-refractivity contribution in [2.24, 2.45) is 0 Å². The minimum atomic E-state index is 0.448. The molecule has 0 aliphatic rings. The van der Waals surface area contributed by atoms with Crippen molar-refractivity contribution in [1.29, 1.82) is 0 Å². The molecule has 0 aliphatic carbocycles. The number of rotatable bonds is 6. The highest BCUT2D eigenvalue weighted by molar-refractivity contribution is 6.35. The van der Waals surface area contributed by atoms with Gasteiger partial charge in [0.15, 0.2) is 11.5 Å². The second-order valence-electron chi connectivity index (χ2n) is 4.69. The average Bonchev–Trinajstić information content (AvgIpc) is 2.85. The lowest BCUT2D eigenvalue weighted by atomic mass is 10.1. The van der Waals surface area contributed by atoms with Crippen LogP contribution in [-0.4, -0.2) is 23.8 Å². The van der Waals surface area contributed by atoms with Crippen molar-refractivity contribution in [3.8, 4) is 22.8 Å². The molecule has 0 saturated heterocycles. The van der Waals surface area contributed by atoms with Crippen molar-refractivity contribution < 1.29 is 9.47 Å². The van der Waals surface area contributed by atoms with E-state index in [4.69, 9.17) is 26.8 Å². The van der Waals surface area contributed by atoms with Gasteiger partial charge in [0, 0.05) is 12.1 Å². The Labute approximate surface area is 129 Å². The van der Waals surface area contributed by atoms with E-state index in [9.17, 15) is 0 Å². The zero-order valence-corrected chi connectivity index (χ0v) is 13.3. The van der Waals surface area contributed by atoms with Gasteiger partial charge in [0.25, 0.3) is 0 Å². The second kappa shape index (κ2) is 6.72. The first-order chi connectivity index (χ1) is 10.1. The van der Waals surface area contributed by atoms with Gasteiger partial charge in [-0.15, -0.1) is 0 Å². The fraction of sp³-hybridized carbons (Fsp3) is 0.400. The smallest absolute Gasteiger partial charge is 0.180 e. The average molecular weight is 310 g/mol. The fourth-order valence-electron chi connectivity index (χ4n) is 2.18. The molecule has 2 N–H and O–H groups in total. The van der Waals surface area contributed by atoms with E-state index < -0.39 is 0 Å². The number of unbranched alkanes of at least 4 members (excludes halogenated alkanes) is 1. The van der Waals surface area contributed by atoms with E-state index in [1.807, 2.05) is 10.6 Å². The second-order valence-corrected chi connectivity index (χ2v) is 5.07. The number of aromatic nitrogens is 2. The molecule has 114 valence electrons. The molecule has 2 aromatic rings. The van der Waals surface area contributed by atoms with Crippen LogP contribution < -0.4 is 15.2 Å². The van der Waals surface area contributed by atoms with Crippen LogP contribution in [0.5, 0.6) is 11.5 Å². The summed E-state index contributed by atoms with van der Waals surface area (Å²) < 4.78 is 12.5. The molecule has 5 nitrogen and oxygen atoms in total. The van der Waals surface area contributed by atoms with Gasteiger partial charge in [-0.05, 0) is 18.6 Å². The number of halogens is 1. The van der Waals surface area contributed by atoms with Crippen molar-refractivity contribution in [2.45, 2.75) is 26.3 Å². The minimum Gasteiger partial charge on any atom is -0.493 e. The molecule has 0 fully saturated rings. The zero-order valence-electron chi connectivity index (χ0n) is 12.5. The Morgan fingerprint density at radius 2 is 2.05 bits per heavy atom. The first-order valence-electron chi connectivity index (χ1n) is 6.85. The summed E-state index contributed by atoms with van der Waals surface area (Å²) in [4.78, 5) is 4.39. The molecule has 0 atom stereocenters. The van der Waals surface area contributed by atoms with Gasteiger partial charge in [-0.3, -0.25) is 0 Å². The molecule has 21 heavy (non-hydrogen) atoms. The van der Waals surface area contributed by atoms with Crippen molar-refractivity contribution in [3.63, 3.8) is 0 Å². The van der Waals surface area contributed by atoms with Gasteiger partial charge in [0.2, 0.25) is 0 Å². The molecule has 0 spiro atoms. The van der Waals surface area contributed by atoms with Crippen LogP contribution in [0, 0.1) is 0 Å². The van der Waals surface area contributed by atoms with E-state index >= 15 is 0 Å². The van der Waals surface area contributed by atoms with E-state index in [2.05, 4.69) is 11.9 Å². The van der Waals surface area contributed by atoms with E-state index in [1.165, 1.54) is 0 Å². The van der Waals surface area contributed by atoms with Crippen molar-refractivity contribution in [2.75, 3.05) is 20.0 Å². The van der Waals surface area contributed by atoms with E-state index in [0.717, 1.165) is 24.9 Å². The number of nitrogens with two attached hydrogens (primary N) is 1. The molecule has 0 saturated carbocycles. The van der Waals surface area contributed by atoms with Crippen LogP contribution in [0.15, 0.2) is 18.5 Å². The predicted octanol–water partition coefficient (Wildman–Crippen LogP) is 3.60. The van der Waals surface area contributed by atoms with Gasteiger partial charge >= 0.3 is 0 Å². The molecule has 0 radical (unpaired) electrons. The molecule has 0 aliphatic heterocycles. The first-order valence-corrected chi connectivity index (χ1v) is 7.23. The van der Waals surface area contributed by atoms with Crippen LogP contribution in [0.25, 0.3) is 11.3 Å². The topological polar surface area (TPSA) is 62.3 Å². The highest BCUT2D eigenvalue weighted by Gasteiger charge is 2.18. The Morgan fingerprint density at radius 3 is 2.67 bits per heavy atom. The normalized spacial score (nSPS) is 10.7. The standard InChI is InChI=1S/C15H20ClN3O2/c1-4-5-8-19-9-18-13(15(19)17)10-6-7-11(20-2)14(21-3)12(10)16/h6-7,9H,4-5,8,17H2,1-3H3. The Kier molecular flexibility index (Phi) is 4.96. The van der Waals surface area contributed by atoms with Crippen LogP contribution in [0.2, 0.25) is 5.02 Å². The molecule has 0 amide bonds. The number of hydrogen-bond acceptors (Lipinski definition) is 4. The number of hydrogen-bond donors (Lipinski definition) is 1. The maximum atomic E-state index is 6.40. The summed E-state index contributed by atoms with van der Waals surface area (Å²) >= 11 is 6.40. The Morgan fingerprint density at radius 1 is 1.29 bits per heavy atom. The summed E-state index contributed by atoms with van der Waals surface area (Å²) in [5.41, 5.74) is 7.58. The van der Waals surface area contributed by atoms with E-state index in [0.29, 0.717) is 28.0 Å². The summed E-state index contributed by atoms with van der Waals surface area (Å²) in [6.45, 7) is 2.99. The third-order valence-electron chi connectivity index (χ3n) is 3.37. The highest BCUT2D eigenvalue weighted by Crippen LogP contribution is 2.42. The van der Waals surface area contributed by atoms with Gasteiger partial charge in [-0.25, -0.2) is 4.98 Å². The monoisotopic (exact) mass is 309 g/mol. The van der Waals surface area contributed by atoms with Crippen molar-refractivity contribution >= 4 is 17.4 Å². The molecular weight excluding hydrogens is 290 g/mol. The number of imidazole rings is 1. The maximum absolute atomic E-state index is 6.40. The lowest BCUT2D eigenvalue weighted by molar-refractivity contribution is 0.355. The van der Waals surface area contributed by atoms with Crippen molar-refractivity contribution in [1.82, 2.24) is 9.55 Å². The van der Waals surface area contributed by atoms with E-state index in [1.54, 1.807) is 26.6 Å². The molecule has 0 unspecified atom stereocenters. The maximum Gasteiger partial charge on any atom is 0.180 e. The van der Waals surface area contributed by atoms with Crippen LogP contribution in [-0.2, 0) is 6.54 Å². The van der Waals surface area contributed by atoms with Gasteiger partial charge in [-0.2, -0.15) is 0 Å². The SMILES string of the molecule is CCCCn1cnc(-c2ccc(OC)c(OC)c2Cl)c1N.